The van der Waals surface area contributed by atoms with Crippen molar-refractivity contribution in [3.05, 3.63) is 59.5 Å². The van der Waals surface area contributed by atoms with Crippen LogP contribution >= 0.6 is 11.8 Å². The second kappa shape index (κ2) is 10.3. The van der Waals surface area contributed by atoms with Crippen molar-refractivity contribution in [2.45, 2.75) is 0 Å². The highest BCUT2D eigenvalue weighted by Gasteiger charge is 2.36. The molecule has 34 heavy (non-hydrogen) atoms. The van der Waals surface area contributed by atoms with Crippen LogP contribution in [0, 0.1) is 0 Å². The zero-order valence-electron chi connectivity index (χ0n) is 18.4. The lowest BCUT2D eigenvalue weighted by molar-refractivity contribution is -0.127. The second-order valence-electron chi connectivity index (χ2n) is 7.18. The molecule has 1 N–H and O–H groups in total. The molecule has 0 atom stereocenters. The van der Waals surface area contributed by atoms with Crippen LogP contribution < -0.4 is 24.3 Å². The molecule has 0 unspecified atom stereocenters. The fourth-order valence-electron chi connectivity index (χ4n) is 3.29. The molecule has 2 aliphatic rings. The lowest BCUT2D eigenvalue weighted by atomic mass is 10.2. The number of amides is 3. The van der Waals surface area contributed by atoms with E-state index in [9.17, 15) is 14.4 Å². The van der Waals surface area contributed by atoms with Crippen molar-refractivity contribution < 1.29 is 33.3 Å². The number of hydrogen-bond acceptors (Lipinski definition) is 8. The van der Waals surface area contributed by atoms with Crippen molar-refractivity contribution in [3.8, 4) is 23.0 Å². The highest BCUT2D eigenvalue weighted by molar-refractivity contribution is 8.18. The third-order valence-corrected chi connectivity index (χ3v) is 5.75. The van der Waals surface area contributed by atoms with Gasteiger partial charge in [0.1, 0.15) is 26.4 Å². The summed E-state index contributed by atoms with van der Waals surface area (Å²) in [5, 5.41) is 2.15. The Bertz CT molecular complexity index is 1180. The number of hydrogen-bond donors (Lipinski definition) is 1. The summed E-state index contributed by atoms with van der Waals surface area (Å²) in [6, 6.07) is 10.1. The standard InChI is InChI=1S/C24H22N2O7S/c1-3-8-31-17-6-4-15(11-19(17)30-2)12-21-23(28)26(24(29)34-21)14-22(27)25-16-5-7-18-20(13-16)33-10-9-32-18/h3-7,11-13H,1,8-10,14H2,2H3,(H,25,27)/b21-12+. The first-order chi connectivity index (χ1) is 16.5. The quantitative estimate of drug-likeness (QED) is 0.449. The van der Waals surface area contributed by atoms with E-state index in [4.69, 9.17) is 18.9 Å². The third-order valence-electron chi connectivity index (χ3n) is 4.84. The summed E-state index contributed by atoms with van der Waals surface area (Å²) in [6.45, 7) is 4.41. The average molecular weight is 483 g/mol. The molecule has 2 aliphatic heterocycles. The van der Waals surface area contributed by atoms with Crippen LogP contribution in [0.5, 0.6) is 23.0 Å². The summed E-state index contributed by atoms with van der Waals surface area (Å²) in [5.74, 6) is 1.08. The predicted octanol–water partition coefficient (Wildman–Crippen LogP) is 3.71. The van der Waals surface area contributed by atoms with Gasteiger partial charge in [-0.15, -0.1) is 0 Å². The van der Waals surface area contributed by atoms with Crippen molar-refractivity contribution in [1.82, 2.24) is 4.90 Å². The van der Waals surface area contributed by atoms with Crippen molar-refractivity contribution in [2.75, 3.05) is 38.8 Å². The number of anilines is 1. The Morgan fingerprint density at radius 1 is 1.15 bits per heavy atom. The van der Waals surface area contributed by atoms with Gasteiger partial charge in [0, 0.05) is 11.8 Å². The van der Waals surface area contributed by atoms with Crippen LogP contribution in [0.4, 0.5) is 10.5 Å². The van der Waals surface area contributed by atoms with Crippen LogP contribution in [-0.2, 0) is 9.59 Å². The fraction of sp³-hybridized carbons (Fsp3) is 0.208. The Morgan fingerprint density at radius 3 is 2.71 bits per heavy atom. The number of methoxy groups -OCH3 is 1. The Labute approximate surface area is 200 Å². The van der Waals surface area contributed by atoms with E-state index in [2.05, 4.69) is 11.9 Å². The molecule has 0 radical (unpaired) electrons. The van der Waals surface area contributed by atoms with Crippen LogP contribution in [0.15, 0.2) is 54.0 Å². The lowest BCUT2D eigenvalue weighted by Gasteiger charge is -2.19. The third kappa shape index (κ3) is 5.18. The number of imide groups is 1. The van der Waals surface area contributed by atoms with Crippen LogP contribution in [-0.4, -0.2) is 55.4 Å². The van der Waals surface area contributed by atoms with Gasteiger partial charge in [0.15, 0.2) is 23.0 Å². The van der Waals surface area contributed by atoms with Crippen LogP contribution in [0.3, 0.4) is 0 Å². The number of rotatable bonds is 8. The van der Waals surface area contributed by atoms with E-state index in [-0.39, 0.29) is 4.91 Å². The number of carbonyl (C=O) groups excluding carboxylic acids is 3. The summed E-state index contributed by atoms with van der Waals surface area (Å²) >= 11 is 0.772. The molecule has 2 aromatic carbocycles. The van der Waals surface area contributed by atoms with Crippen molar-refractivity contribution in [1.29, 1.82) is 0 Å². The molecule has 2 heterocycles. The fourth-order valence-corrected chi connectivity index (χ4v) is 4.13. The molecule has 1 saturated heterocycles. The number of thioether (sulfide) groups is 1. The van der Waals surface area contributed by atoms with Crippen molar-refractivity contribution in [2.24, 2.45) is 0 Å². The summed E-state index contributed by atoms with van der Waals surface area (Å²) in [7, 11) is 1.51. The number of benzene rings is 2. The van der Waals surface area contributed by atoms with Gasteiger partial charge < -0.3 is 24.3 Å². The first-order valence-electron chi connectivity index (χ1n) is 10.3. The van der Waals surface area contributed by atoms with Crippen molar-refractivity contribution >= 4 is 40.6 Å². The molecule has 0 aromatic heterocycles. The molecule has 2 aromatic rings. The number of fused-ring (bicyclic) bond motifs is 1. The molecule has 3 amide bonds. The van der Waals surface area contributed by atoms with E-state index in [0.717, 1.165) is 16.7 Å². The molecule has 0 aliphatic carbocycles. The van der Waals surface area contributed by atoms with Gasteiger partial charge in [-0.1, -0.05) is 18.7 Å². The maximum absolute atomic E-state index is 12.8. The summed E-state index contributed by atoms with van der Waals surface area (Å²) < 4.78 is 21.8. The average Bonchev–Trinajstić information content (AvgIpc) is 3.10. The maximum atomic E-state index is 12.8. The van der Waals surface area contributed by atoms with Crippen LogP contribution in [0.2, 0.25) is 0 Å². The number of ether oxygens (including phenoxy) is 4. The van der Waals surface area contributed by atoms with E-state index in [1.165, 1.54) is 7.11 Å². The topological polar surface area (TPSA) is 103 Å². The van der Waals surface area contributed by atoms with E-state index < -0.39 is 23.6 Å². The zero-order chi connectivity index (χ0) is 24.1. The predicted molar refractivity (Wildman–Crippen MR) is 127 cm³/mol. The van der Waals surface area contributed by atoms with E-state index in [1.807, 2.05) is 0 Å². The second-order valence-corrected chi connectivity index (χ2v) is 8.18. The highest BCUT2D eigenvalue weighted by Crippen LogP contribution is 2.35. The van der Waals surface area contributed by atoms with Gasteiger partial charge in [0.25, 0.3) is 11.1 Å². The van der Waals surface area contributed by atoms with Crippen LogP contribution in [0.1, 0.15) is 5.56 Å². The Morgan fingerprint density at radius 2 is 1.94 bits per heavy atom. The molecule has 1 fully saturated rings. The molecule has 4 rings (SSSR count). The lowest BCUT2D eigenvalue weighted by Crippen LogP contribution is -2.36. The summed E-state index contributed by atoms with van der Waals surface area (Å²) in [4.78, 5) is 38.8. The molecule has 176 valence electrons. The number of nitrogens with one attached hydrogen (secondary N) is 1. The minimum atomic E-state index is -0.543. The molecule has 9 nitrogen and oxygen atoms in total. The minimum Gasteiger partial charge on any atom is -0.493 e. The normalized spacial score (nSPS) is 15.9. The van der Waals surface area contributed by atoms with Gasteiger partial charge in [0.05, 0.1) is 12.0 Å². The van der Waals surface area contributed by atoms with E-state index >= 15 is 0 Å². The monoisotopic (exact) mass is 482 g/mol. The minimum absolute atomic E-state index is 0.207. The highest BCUT2D eigenvalue weighted by atomic mass is 32.2. The van der Waals surface area contributed by atoms with Gasteiger partial charge in [-0.05, 0) is 47.7 Å². The SMILES string of the molecule is C=CCOc1ccc(/C=C2/SC(=O)N(CC(=O)Nc3ccc4c(c3)OCCO4)C2=O)cc1OC. The Hall–Kier alpha value is -3.92. The van der Waals surface area contributed by atoms with E-state index in [1.54, 1.807) is 48.6 Å². The number of carbonyl (C=O) groups is 3. The summed E-state index contributed by atoms with van der Waals surface area (Å²) in [5.41, 5.74) is 1.12. The zero-order valence-corrected chi connectivity index (χ0v) is 19.2. The van der Waals surface area contributed by atoms with E-state index in [0.29, 0.717) is 54.1 Å². The van der Waals surface area contributed by atoms with Gasteiger partial charge in [0.2, 0.25) is 5.91 Å². The first kappa shape index (κ1) is 23.2. The first-order valence-corrected chi connectivity index (χ1v) is 11.2. The Kier molecular flexibility index (Phi) is 7.07. The van der Waals surface area contributed by atoms with Crippen LogP contribution in [0.25, 0.3) is 6.08 Å². The molecule has 0 spiro atoms. The molecular formula is C24H22N2O7S. The molecule has 10 heteroatoms. The maximum Gasteiger partial charge on any atom is 0.294 e. The summed E-state index contributed by atoms with van der Waals surface area (Å²) in [6.07, 6.45) is 3.19. The van der Waals surface area contributed by atoms with Gasteiger partial charge in [-0.2, -0.15) is 0 Å². The molecular weight excluding hydrogens is 460 g/mol. The van der Waals surface area contributed by atoms with Crippen molar-refractivity contribution in [3.63, 3.8) is 0 Å². The molecule has 0 bridgehead atoms. The van der Waals surface area contributed by atoms with Gasteiger partial charge in [-0.25, -0.2) is 0 Å². The largest absolute Gasteiger partial charge is 0.493 e. The number of nitrogens with zero attached hydrogens (tertiary/aromatic N) is 1. The van der Waals surface area contributed by atoms with Gasteiger partial charge in [-0.3, -0.25) is 19.3 Å². The smallest absolute Gasteiger partial charge is 0.294 e. The Balaban J connectivity index is 1.42. The van der Waals surface area contributed by atoms with Gasteiger partial charge >= 0.3 is 0 Å². The molecule has 0 saturated carbocycles.